The van der Waals surface area contributed by atoms with E-state index >= 15 is 0 Å². The number of halogens is 1. The first kappa shape index (κ1) is 16.5. The molecule has 1 aromatic heterocycles. The van der Waals surface area contributed by atoms with Crippen LogP contribution in [0.1, 0.15) is 30.3 Å². The molecule has 3 N–H and O–H groups in total. The zero-order valence-electron chi connectivity index (χ0n) is 12.4. The van der Waals surface area contributed by atoms with Gasteiger partial charge in [-0.3, -0.25) is 4.79 Å². The maximum Gasteiger partial charge on any atom is 0.290 e. The number of amides is 1. The van der Waals surface area contributed by atoms with Crippen LogP contribution in [-0.2, 0) is 0 Å². The molecule has 22 heavy (non-hydrogen) atoms. The van der Waals surface area contributed by atoms with Gasteiger partial charge >= 0.3 is 0 Å². The van der Waals surface area contributed by atoms with Crippen molar-refractivity contribution in [2.45, 2.75) is 25.3 Å². The number of rotatable bonds is 5. The molecule has 1 aromatic carbocycles. The molecular weight excluding hydrogens is 302 g/mol. The lowest BCUT2D eigenvalue weighted by molar-refractivity contribution is 0.0860. The van der Waals surface area contributed by atoms with E-state index in [1.807, 2.05) is 37.3 Å². The Morgan fingerprint density at radius 2 is 2.09 bits per heavy atom. The van der Waals surface area contributed by atoms with Crippen LogP contribution in [-0.4, -0.2) is 23.1 Å². The van der Waals surface area contributed by atoms with Crippen molar-refractivity contribution < 1.29 is 9.32 Å². The summed E-state index contributed by atoms with van der Waals surface area (Å²) in [5.41, 5.74) is 7.02. The average Bonchev–Trinajstić information content (AvgIpc) is 3.26. The monoisotopic (exact) mass is 321 g/mol. The number of nitrogens with zero attached hydrogens (tertiary/aromatic N) is 1. The van der Waals surface area contributed by atoms with Gasteiger partial charge in [-0.1, -0.05) is 35.5 Å². The van der Waals surface area contributed by atoms with Crippen LogP contribution < -0.4 is 11.1 Å². The van der Waals surface area contributed by atoms with Crippen LogP contribution in [0.25, 0.3) is 11.3 Å². The van der Waals surface area contributed by atoms with Gasteiger partial charge in [-0.2, -0.15) is 0 Å². The number of aromatic nitrogens is 1. The minimum atomic E-state index is -0.364. The summed E-state index contributed by atoms with van der Waals surface area (Å²) < 4.78 is 5.17. The van der Waals surface area contributed by atoms with Crippen molar-refractivity contribution in [1.29, 1.82) is 0 Å². The second-order valence-electron chi connectivity index (χ2n) is 5.79. The lowest BCUT2D eigenvalue weighted by Crippen LogP contribution is -2.53. The van der Waals surface area contributed by atoms with Gasteiger partial charge in [0.15, 0.2) is 0 Å². The number of carbonyl (C=O) groups is 1. The Hall–Kier alpha value is -1.85. The second-order valence-corrected chi connectivity index (χ2v) is 5.79. The molecule has 3 rings (SSSR count). The molecule has 1 heterocycles. The number of nitrogens with two attached hydrogens (primary N) is 1. The van der Waals surface area contributed by atoms with Crippen molar-refractivity contribution in [3.8, 4) is 11.3 Å². The standard InChI is InChI=1S/C16H19N3O2.ClH/c1-16(10-17,12-7-8-12)18-15(20)14-9-13(19-21-14)11-5-3-2-4-6-11;/h2-6,9,12H,7-8,10,17H2,1H3,(H,18,20);1H. The van der Waals surface area contributed by atoms with Gasteiger partial charge in [0.1, 0.15) is 5.69 Å². The third-order valence-corrected chi connectivity index (χ3v) is 4.11. The molecule has 0 radical (unpaired) electrons. The van der Waals surface area contributed by atoms with Crippen molar-refractivity contribution in [3.05, 3.63) is 42.2 Å². The predicted octanol–water partition coefficient (Wildman–Crippen LogP) is 2.62. The van der Waals surface area contributed by atoms with Crippen LogP contribution >= 0.6 is 12.4 Å². The Labute approximate surface area is 135 Å². The van der Waals surface area contributed by atoms with Crippen LogP contribution in [0.3, 0.4) is 0 Å². The molecule has 1 saturated carbocycles. The number of nitrogens with one attached hydrogen (secondary N) is 1. The maximum absolute atomic E-state index is 12.3. The summed E-state index contributed by atoms with van der Waals surface area (Å²) in [6.07, 6.45) is 2.22. The molecule has 1 atom stereocenters. The molecule has 5 nitrogen and oxygen atoms in total. The summed E-state index contributed by atoms with van der Waals surface area (Å²) in [6, 6.07) is 11.3. The second kappa shape index (κ2) is 6.50. The van der Waals surface area contributed by atoms with E-state index in [1.54, 1.807) is 6.07 Å². The van der Waals surface area contributed by atoms with Gasteiger partial charge in [0, 0.05) is 18.2 Å². The van der Waals surface area contributed by atoms with Crippen molar-refractivity contribution in [3.63, 3.8) is 0 Å². The molecule has 2 aromatic rings. The maximum atomic E-state index is 12.3. The molecule has 0 bridgehead atoms. The molecule has 0 aliphatic heterocycles. The summed E-state index contributed by atoms with van der Waals surface area (Å²) in [5.74, 6) is 0.418. The van der Waals surface area contributed by atoms with Crippen LogP contribution in [0.5, 0.6) is 0 Å². The van der Waals surface area contributed by atoms with Crippen molar-refractivity contribution in [2.24, 2.45) is 11.7 Å². The van der Waals surface area contributed by atoms with E-state index in [1.165, 1.54) is 0 Å². The third kappa shape index (κ3) is 3.31. The number of hydrogen-bond donors (Lipinski definition) is 2. The summed E-state index contributed by atoms with van der Waals surface area (Å²) in [4.78, 5) is 12.3. The quantitative estimate of drug-likeness (QED) is 0.887. The zero-order valence-corrected chi connectivity index (χ0v) is 13.2. The first-order chi connectivity index (χ1) is 10.1. The number of carbonyl (C=O) groups excluding carboxylic acids is 1. The number of hydrogen-bond acceptors (Lipinski definition) is 4. The highest BCUT2D eigenvalue weighted by molar-refractivity contribution is 5.93. The molecule has 1 aliphatic carbocycles. The molecule has 118 valence electrons. The average molecular weight is 322 g/mol. The van der Waals surface area contributed by atoms with Gasteiger partial charge in [-0.05, 0) is 25.7 Å². The van der Waals surface area contributed by atoms with E-state index in [0.717, 1.165) is 18.4 Å². The van der Waals surface area contributed by atoms with E-state index in [0.29, 0.717) is 18.2 Å². The molecule has 1 fully saturated rings. The van der Waals surface area contributed by atoms with Crippen LogP contribution in [0.4, 0.5) is 0 Å². The Balaban J connectivity index is 0.00000176. The topological polar surface area (TPSA) is 81.1 Å². The highest BCUT2D eigenvalue weighted by atomic mass is 35.5. The zero-order chi connectivity index (χ0) is 14.9. The van der Waals surface area contributed by atoms with E-state index in [2.05, 4.69) is 10.5 Å². The van der Waals surface area contributed by atoms with Gasteiger partial charge in [0.25, 0.3) is 5.91 Å². The van der Waals surface area contributed by atoms with E-state index in [4.69, 9.17) is 10.3 Å². The smallest absolute Gasteiger partial charge is 0.290 e. The fraction of sp³-hybridized carbons (Fsp3) is 0.375. The van der Waals surface area contributed by atoms with Gasteiger partial charge in [0.05, 0.1) is 5.54 Å². The Morgan fingerprint density at radius 3 is 2.68 bits per heavy atom. The highest BCUT2D eigenvalue weighted by Gasteiger charge is 2.42. The molecule has 0 saturated heterocycles. The Bertz CT molecular complexity index is 640. The molecule has 1 unspecified atom stereocenters. The van der Waals surface area contributed by atoms with Gasteiger partial charge in [0.2, 0.25) is 5.76 Å². The Kier molecular flexibility index (Phi) is 4.88. The Morgan fingerprint density at radius 1 is 1.41 bits per heavy atom. The van der Waals surface area contributed by atoms with Crippen LogP contribution in [0, 0.1) is 5.92 Å². The molecule has 0 spiro atoms. The first-order valence-electron chi connectivity index (χ1n) is 7.17. The predicted molar refractivity (Wildman–Crippen MR) is 86.8 cm³/mol. The van der Waals surface area contributed by atoms with Gasteiger partial charge in [-0.15, -0.1) is 12.4 Å². The fourth-order valence-corrected chi connectivity index (χ4v) is 2.49. The van der Waals surface area contributed by atoms with Crippen molar-refractivity contribution in [2.75, 3.05) is 6.54 Å². The molecule has 1 amide bonds. The largest absolute Gasteiger partial charge is 0.350 e. The third-order valence-electron chi connectivity index (χ3n) is 4.11. The number of benzene rings is 1. The van der Waals surface area contributed by atoms with Crippen LogP contribution in [0.2, 0.25) is 0 Å². The van der Waals surface area contributed by atoms with Gasteiger partial charge in [-0.25, -0.2) is 0 Å². The summed E-state index contributed by atoms with van der Waals surface area (Å²) in [7, 11) is 0. The fourth-order valence-electron chi connectivity index (χ4n) is 2.49. The molecule has 1 aliphatic rings. The van der Waals surface area contributed by atoms with Crippen molar-refractivity contribution >= 4 is 18.3 Å². The summed E-state index contributed by atoms with van der Waals surface area (Å²) >= 11 is 0. The van der Waals surface area contributed by atoms with Gasteiger partial charge < -0.3 is 15.6 Å². The van der Waals surface area contributed by atoms with Crippen molar-refractivity contribution in [1.82, 2.24) is 10.5 Å². The van der Waals surface area contributed by atoms with E-state index < -0.39 is 0 Å². The summed E-state index contributed by atoms with van der Waals surface area (Å²) in [5, 5.41) is 6.95. The SMILES string of the molecule is CC(CN)(NC(=O)c1cc(-c2ccccc2)no1)C1CC1.Cl. The van der Waals surface area contributed by atoms with Crippen LogP contribution in [0.15, 0.2) is 40.9 Å². The van der Waals surface area contributed by atoms with E-state index in [9.17, 15) is 4.79 Å². The minimum absolute atomic E-state index is 0. The highest BCUT2D eigenvalue weighted by Crippen LogP contribution is 2.39. The minimum Gasteiger partial charge on any atom is -0.350 e. The lowest BCUT2D eigenvalue weighted by atomic mass is 9.96. The molecular formula is C16H20ClN3O2. The van der Waals surface area contributed by atoms with E-state index in [-0.39, 0.29) is 29.6 Å². The molecule has 6 heteroatoms. The normalized spacial score (nSPS) is 16.5. The lowest BCUT2D eigenvalue weighted by Gasteiger charge is -2.28. The summed E-state index contributed by atoms with van der Waals surface area (Å²) in [6.45, 7) is 2.40. The first-order valence-corrected chi connectivity index (χ1v) is 7.17.